The Morgan fingerprint density at radius 3 is 3.00 bits per heavy atom. The topological polar surface area (TPSA) is 66.6 Å². The Bertz CT molecular complexity index is 402. The summed E-state index contributed by atoms with van der Waals surface area (Å²) in [6, 6.07) is 1.93. The van der Waals surface area contributed by atoms with Crippen molar-refractivity contribution in [2.24, 2.45) is 0 Å². The molecule has 0 radical (unpaired) electrons. The van der Waals surface area contributed by atoms with Crippen LogP contribution in [0.5, 0.6) is 0 Å². The number of nitrogens with zero attached hydrogens (tertiary/aromatic N) is 3. The van der Waals surface area contributed by atoms with Crippen LogP contribution in [0.1, 0.15) is 11.3 Å². The van der Waals surface area contributed by atoms with Crippen LogP contribution in [0.3, 0.4) is 0 Å². The molecule has 4 nitrogen and oxygen atoms in total. The van der Waals surface area contributed by atoms with Crippen molar-refractivity contribution in [3.05, 3.63) is 22.2 Å². The Kier molecular flexibility index (Phi) is 4.04. The summed E-state index contributed by atoms with van der Waals surface area (Å²) in [5, 5.41) is 8.72. The molecule has 0 aliphatic heterocycles. The summed E-state index contributed by atoms with van der Waals surface area (Å²) in [4.78, 5) is 18.9. The molecule has 0 atom stereocenters. The van der Waals surface area contributed by atoms with Gasteiger partial charge in [-0.25, -0.2) is 9.97 Å². The molecule has 72 valence electrons. The van der Waals surface area contributed by atoms with Gasteiger partial charge in [0.1, 0.15) is 11.9 Å². The third-order valence-corrected chi connectivity index (χ3v) is 2.23. The van der Waals surface area contributed by atoms with Gasteiger partial charge < -0.3 is 0 Å². The summed E-state index contributed by atoms with van der Waals surface area (Å²) < 4.78 is 0.374. The SMILES string of the molecule is N#Cc1cnc(Br)nc1CC(=O)CS. The zero-order valence-electron chi connectivity index (χ0n) is 7.07. The smallest absolute Gasteiger partial charge is 0.196 e. The van der Waals surface area contributed by atoms with E-state index in [0.717, 1.165) is 0 Å². The molecule has 0 saturated heterocycles. The van der Waals surface area contributed by atoms with E-state index in [1.807, 2.05) is 6.07 Å². The first-order valence-electron chi connectivity index (χ1n) is 3.71. The fraction of sp³-hybridized carbons (Fsp3) is 0.250. The maximum atomic E-state index is 11.1. The number of Topliss-reactive ketones (excluding diaryl/α,β-unsaturated/α-hetero) is 1. The van der Waals surface area contributed by atoms with Crippen molar-refractivity contribution in [1.82, 2.24) is 9.97 Å². The number of ketones is 1. The van der Waals surface area contributed by atoms with Gasteiger partial charge in [-0.15, -0.1) is 0 Å². The van der Waals surface area contributed by atoms with Gasteiger partial charge in [0.05, 0.1) is 17.7 Å². The molecule has 0 aromatic carbocycles. The van der Waals surface area contributed by atoms with Crippen LogP contribution in [-0.2, 0) is 11.2 Å². The van der Waals surface area contributed by atoms with E-state index < -0.39 is 0 Å². The molecule has 0 bridgehead atoms. The van der Waals surface area contributed by atoms with E-state index in [0.29, 0.717) is 16.0 Å². The van der Waals surface area contributed by atoms with Crippen molar-refractivity contribution in [2.45, 2.75) is 6.42 Å². The first-order chi connectivity index (χ1) is 6.67. The van der Waals surface area contributed by atoms with Gasteiger partial charge in [-0.05, 0) is 15.9 Å². The minimum atomic E-state index is -0.0737. The van der Waals surface area contributed by atoms with Crippen LogP contribution < -0.4 is 0 Å². The number of thiol groups is 1. The quantitative estimate of drug-likeness (QED) is 0.662. The molecule has 0 saturated carbocycles. The minimum absolute atomic E-state index is 0.0737. The van der Waals surface area contributed by atoms with Gasteiger partial charge in [0.2, 0.25) is 0 Å². The second kappa shape index (κ2) is 5.08. The van der Waals surface area contributed by atoms with Gasteiger partial charge in [0.25, 0.3) is 0 Å². The van der Waals surface area contributed by atoms with Gasteiger partial charge in [-0.3, -0.25) is 4.79 Å². The Morgan fingerprint density at radius 1 is 1.71 bits per heavy atom. The lowest BCUT2D eigenvalue weighted by molar-refractivity contribution is -0.116. The number of halogens is 1. The fourth-order valence-electron chi connectivity index (χ4n) is 0.864. The average molecular weight is 272 g/mol. The number of nitriles is 1. The molecule has 14 heavy (non-hydrogen) atoms. The molecule has 0 amide bonds. The van der Waals surface area contributed by atoms with Crippen LogP contribution in [0.25, 0.3) is 0 Å². The number of hydrogen-bond donors (Lipinski definition) is 1. The second-order valence-corrected chi connectivity index (χ2v) is 3.51. The first-order valence-corrected chi connectivity index (χ1v) is 5.14. The normalized spacial score (nSPS) is 9.50. The number of carbonyl (C=O) groups is 1. The van der Waals surface area contributed by atoms with Crippen LogP contribution in [0.2, 0.25) is 0 Å². The monoisotopic (exact) mass is 271 g/mol. The average Bonchev–Trinajstić information content (AvgIpc) is 2.18. The molecule has 0 fully saturated rings. The molecule has 1 rings (SSSR count). The van der Waals surface area contributed by atoms with E-state index in [1.165, 1.54) is 6.20 Å². The van der Waals surface area contributed by atoms with E-state index in [-0.39, 0.29) is 18.0 Å². The molecular formula is C8H6BrN3OS. The predicted octanol–water partition coefficient (Wildman–Crippen LogP) is 1.15. The van der Waals surface area contributed by atoms with Gasteiger partial charge in [0, 0.05) is 11.9 Å². The molecular weight excluding hydrogens is 266 g/mol. The number of hydrogen-bond acceptors (Lipinski definition) is 5. The predicted molar refractivity (Wildman–Crippen MR) is 57.0 cm³/mol. The lowest BCUT2D eigenvalue weighted by Crippen LogP contribution is -2.08. The molecule has 0 spiro atoms. The third-order valence-electron chi connectivity index (χ3n) is 1.50. The second-order valence-electron chi connectivity index (χ2n) is 2.48. The van der Waals surface area contributed by atoms with Crippen molar-refractivity contribution < 1.29 is 4.79 Å². The van der Waals surface area contributed by atoms with Crippen LogP contribution in [0.4, 0.5) is 0 Å². The van der Waals surface area contributed by atoms with Gasteiger partial charge in [-0.1, -0.05) is 0 Å². The Morgan fingerprint density at radius 2 is 2.43 bits per heavy atom. The van der Waals surface area contributed by atoms with E-state index in [1.54, 1.807) is 0 Å². The van der Waals surface area contributed by atoms with Gasteiger partial charge in [-0.2, -0.15) is 17.9 Å². The van der Waals surface area contributed by atoms with Crippen LogP contribution >= 0.6 is 28.6 Å². The van der Waals surface area contributed by atoms with Crippen LogP contribution in [-0.4, -0.2) is 21.5 Å². The van der Waals surface area contributed by atoms with E-state index in [2.05, 4.69) is 38.5 Å². The summed E-state index contributed by atoms with van der Waals surface area (Å²) in [6.45, 7) is 0. The van der Waals surface area contributed by atoms with Crippen molar-refractivity contribution in [3.63, 3.8) is 0 Å². The Labute approximate surface area is 94.9 Å². The maximum absolute atomic E-state index is 11.1. The lowest BCUT2D eigenvalue weighted by atomic mass is 10.1. The van der Waals surface area contributed by atoms with Crippen LogP contribution in [0.15, 0.2) is 10.9 Å². The van der Waals surface area contributed by atoms with Crippen molar-refractivity contribution in [3.8, 4) is 6.07 Å². The number of rotatable bonds is 3. The molecule has 0 unspecified atom stereocenters. The van der Waals surface area contributed by atoms with Crippen LogP contribution in [0, 0.1) is 11.3 Å². The first kappa shape index (κ1) is 11.1. The third kappa shape index (κ3) is 2.79. The summed E-state index contributed by atoms with van der Waals surface area (Å²) in [5.74, 6) is 0.0717. The largest absolute Gasteiger partial charge is 0.298 e. The summed E-state index contributed by atoms with van der Waals surface area (Å²) >= 11 is 6.92. The molecule has 1 heterocycles. The lowest BCUT2D eigenvalue weighted by Gasteiger charge is -2.00. The van der Waals surface area contributed by atoms with E-state index in [9.17, 15) is 4.79 Å². The molecule has 6 heteroatoms. The molecule has 0 N–H and O–H groups in total. The maximum Gasteiger partial charge on any atom is 0.196 e. The fourth-order valence-corrected chi connectivity index (χ4v) is 1.29. The Hall–Kier alpha value is -0.930. The zero-order chi connectivity index (χ0) is 10.6. The molecule has 0 aliphatic carbocycles. The zero-order valence-corrected chi connectivity index (χ0v) is 9.55. The highest BCUT2D eigenvalue weighted by molar-refractivity contribution is 9.10. The number of carbonyl (C=O) groups excluding carboxylic acids is 1. The summed E-state index contributed by atoms with van der Waals surface area (Å²) in [7, 11) is 0. The number of aromatic nitrogens is 2. The van der Waals surface area contributed by atoms with Gasteiger partial charge in [0.15, 0.2) is 4.73 Å². The van der Waals surface area contributed by atoms with E-state index in [4.69, 9.17) is 5.26 Å². The standard InChI is InChI=1S/C8H6BrN3OS/c9-8-11-3-5(2-10)7(12-8)1-6(13)4-14/h3,14H,1,4H2. The van der Waals surface area contributed by atoms with Crippen molar-refractivity contribution in [2.75, 3.05) is 5.75 Å². The van der Waals surface area contributed by atoms with E-state index >= 15 is 0 Å². The van der Waals surface area contributed by atoms with Gasteiger partial charge >= 0.3 is 0 Å². The summed E-state index contributed by atoms with van der Waals surface area (Å²) in [6.07, 6.45) is 1.51. The molecule has 1 aromatic rings. The Balaban J connectivity index is 3.00. The summed E-state index contributed by atoms with van der Waals surface area (Å²) in [5.41, 5.74) is 0.761. The highest BCUT2D eigenvalue weighted by Crippen LogP contribution is 2.09. The highest BCUT2D eigenvalue weighted by Gasteiger charge is 2.09. The van der Waals surface area contributed by atoms with Crippen molar-refractivity contribution >= 4 is 34.3 Å². The van der Waals surface area contributed by atoms with Crippen molar-refractivity contribution in [1.29, 1.82) is 5.26 Å². The highest BCUT2D eigenvalue weighted by atomic mass is 79.9. The minimum Gasteiger partial charge on any atom is -0.298 e. The molecule has 0 aliphatic rings. The molecule has 1 aromatic heterocycles.